The Morgan fingerprint density at radius 1 is 1.69 bits per heavy atom. The lowest BCUT2D eigenvalue weighted by atomic mass is 10.2. The lowest BCUT2D eigenvalue weighted by molar-refractivity contribution is 0.183. The quantitative estimate of drug-likeness (QED) is 0.740. The molecule has 0 aliphatic carbocycles. The van der Waals surface area contributed by atoms with Gasteiger partial charge in [-0.25, -0.2) is 0 Å². The van der Waals surface area contributed by atoms with Gasteiger partial charge in [0, 0.05) is 32.0 Å². The van der Waals surface area contributed by atoms with Crippen molar-refractivity contribution in [2.75, 3.05) is 20.3 Å². The molecule has 1 N–H and O–H groups in total. The summed E-state index contributed by atoms with van der Waals surface area (Å²) in [7, 11) is 1.68. The molecule has 0 bridgehead atoms. The van der Waals surface area contributed by atoms with Crippen LogP contribution in [0.15, 0.2) is 12.4 Å². The van der Waals surface area contributed by atoms with Gasteiger partial charge in [-0.05, 0) is 6.92 Å². The maximum Gasteiger partial charge on any atom is 0.0666 e. The molecule has 1 atom stereocenters. The summed E-state index contributed by atoms with van der Waals surface area (Å²) in [6.45, 7) is 4.79. The smallest absolute Gasteiger partial charge is 0.0666 e. The van der Waals surface area contributed by atoms with Crippen LogP contribution in [-0.4, -0.2) is 30.0 Å². The Labute approximate surface area is 96.0 Å². The Bertz CT molecular complexity index is 342. The first-order valence-electron chi connectivity index (χ1n) is 5.37. The number of nitrogens with zero attached hydrogens (tertiary/aromatic N) is 3. The predicted octanol–water partition coefficient (Wildman–Crippen LogP) is 0.779. The van der Waals surface area contributed by atoms with Crippen LogP contribution >= 0.6 is 0 Å². The number of ether oxygens (including phenoxy) is 1. The van der Waals surface area contributed by atoms with E-state index in [-0.39, 0.29) is 5.92 Å². The Kier molecular flexibility index (Phi) is 5.54. The minimum absolute atomic E-state index is 0.0449. The van der Waals surface area contributed by atoms with Crippen LogP contribution in [0.25, 0.3) is 0 Å². The van der Waals surface area contributed by atoms with E-state index in [2.05, 4.69) is 16.5 Å². The van der Waals surface area contributed by atoms with Gasteiger partial charge in [0.2, 0.25) is 0 Å². The first-order valence-corrected chi connectivity index (χ1v) is 5.37. The highest BCUT2D eigenvalue weighted by Crippen LogP contribution is 1.98. The van der Waals surface area contributed by atoms with Crippen molar-refractivity contribution < 1.29 is 4.74 Å². The fourth-order valence-electron chi connectivity index (χ4n) is 1.28. The molecule has 5 nitrogen and oxygen atoms in total. The topological polar surface area (TPSA) is 62.9 Å². The Balaban J connectivity index is 2.27. The van der Waals surface area contributed by atoms with Crippen molar-refractivity contribution in [3.05, 3.63) is 18.0 Å². The molecule has 1 rings (SSSR count). The zero-order valence-electron chi connectivity index (χ0n) is 9.81. The number of nitriles is 1. The minimum Gasteiger partial charge on any atom is -0.383 e. The number of rotatable bonds is 7. The average Bonchev–Trinajstić information content (AvgIpc) is 2.74. The van der Waals surface area contributed by atoms with E-state index in [1.807, 2.05) is 24.0 Å². The number of hydrogen-bond acceptors (Lipinski definition) is 4. The SMILES string of the molecule is COCCn1cc(CNCC(C)C#N)cn1. The van der Waals surface area contributed by atoms with Gasteiger partial charge in [0.05, 0.1) is 31.3 Å². The summed E-state index contributed by atoms with van der Waals surface area (Å²) >= 11 is 0. The largest absolute Gasteiger partial charge is 0.383 e. The molecule has 0 amide bonds. The monoisotopic (exact) mass is 222 g/mol. The van der Waals surface area contributed by atoms with Gasteiger partial charge in [0.1, 0.15) is 0 Å². The molecule has 0 saturated heterocycles. The van der Waals surface area contributed by atoms with Gasteiger partial charge in [-0.1, -0.05) is 0 Å². The van der Waals surface area contributed by atoms with E-state index in [1.165, 1.54) is 0 Å². The summed E-state index contributed by atoms with van der Waals surface area (Å²) in [4.78, 5) is 0. The van der Waals surface area contributed by atoms with Crippen LogP contribution in [0.2, 0.25) is 0 Å². The average molecular weight is 222 g/mol. The van der Waals surface area contributed by atoms with Crippen LogP contribution in [0.4, 0.5) is 0 Å². The highest BCUT2D eigenvalue weighted by molar-refractivity contribution is 5.03. The lowest BCUT2D eigenvalue weighted by Gasteiger charge is -2.03. The third-order valence-corrected chi connectivity index (χ3v) is 2.21. The second-order valence-electron chi connectivity index (χ2n) is 3.77. The van der Waals surface area contributed by atoms with Gasteiger partial charge in [-0.3, -0.25) is 4.68 Å². The Morgan fingerprint density at radius 3 is 3.19 bits per heavy atom. The van der Waals surface area contributed by atoms with Gasteiger partial charge in [-0.2, -0.15) is 10.4 Å². The zero-order valence-corrected chi connectivity index (χ0v) is 9.81. The first-order chi connectivity index (χ1) is 7.76. The van der Waals surface area contributed by atoms with Crippen molar-refractivity contribution in [2.45, 2.75) is 20.0 Å². The van der Waals surface area contributed by atoms with Crippen molar-refractivity contribution in [2.24, 2.45) is 5.92 Å². The normalized spacial score (nSPS) is 12.3. The second-order valence-corrected chi connectivity index (χ2v) is 3.77. The molecule has 0 fully saturated rings. The molecule has 0 aliphatic heterocycles. The lowest BCUT2D eigenvalue weighted by Crippen LogP contribution is -2.19. The summed E-state index contributed by atoms with van der Waals surface area (Å²) in [5.74, 6) is 0.0449. The molecule has 1 unspecified atom stereocenters. The molecular formula is C11H18N4O. The van der Waals surface area contributed by atoms with Crippen molar-refractivity contribution in [3.63, 3.8) is 0 Å². The molecule has 0 aliphatic rings. The van der Waals surface area contributed by atoms with Crippen LogP contribution in [-0.2, 0) is 17.8 Å². The summed E-state index contributed by atoms with van der Waals surface area (Å²) in [5, 5.41) is 16.0. The molecule has 16 heavy (non-hydrogen) atoms. The molecule has 1 aromatic heterocycles. The molecule has 5 heteroatoms. The van der Waals surface area contributed by atoms with Crippen LogP contribution in [0.3, 0.4) is 0 Å². The Hall–Kier alpha value is -1.38. The summed E-state index contributed by atoms with van der Waals surface area (Å²) in [6.07, 6.45) is 3.82. The van der Waals surface area contributed by atoms with Gasteiger partial charge in [0.15, 0.2) is 0 Å². The Morgan fingerprint density at radius 2 is 2.50 bits per heavy atom. The van der Waals surface area contributed by atoms with E-state index in [4.69, 9.17) is 10.00 Å². The number of methoxy groups -OCH3 is 1. The van der Waals surface area contributed by atoms with E-state index < -0.39 is 0 Å². The van der Waals surface area contributed by atoms with Crippen molar-refractivity contribution in [3.8, 4) is 6.07 Å². The van der Waals surface area contributed by atoms with E-state index in [0.717, 1.165) is 18.7 Å². The zero-order chi connectivity index (χ0) is 11.8. The van der Waals surface area contributed by atoms with Crippen molar-refractivity contribution >= 4 is 0 Å². The molecule has 0 saturated carbocycles. The van der Waals surface area contributed by atoms with E-state index in [1.54, 1.807) is 7.11 Å². The van der Waals surface area contributed by atoms with E-state index >= 15 is 0 Å². The van der Waals surface area contributed by atoms with Crippen LogP contribution in [0, 0.1) is 17.2 Å². The summed E-state index contributed by atoms with van der Waals surface area (Å²) < 4.78 is 6.83. The van der Waals surface area contributed by atoms with Crippen LogP contribution in [0.1, 0.15) is 12.5 Å². The molecule has 0 radical (unpaired) electrons. The third kappa shape index (κ3) is 4.43. The third-order valence-electron chi connectivity index (χ3n) is 2.21. The standard InChI is InChI=1S/C11H18N4O/c1-10(5-12)6-13-7-11-8-14-15(9-11)3-4-16-2/h8-10,13H,3-4,6-7H2,1-2H3. The molecule has 0 aromatic carbocycles. The van der Waals surface area contributed by atoms with Crippen LogP contribution < -0.4 is 5.32 Å². The fraction of sp³-hybridized carbons (Fsp3) is 0.636. The van der Waals surface area contributed by atoms with Gasteiger partial charge in [-0.15, -0.1) is 0 Å². The van der Waals surface area contributed by atoms with E-state index in [9.17, 15) is 0 Å². The van der Waals surface area contributed by atoms with Crippen molar-refractivity contribution in [1.82, 2.24) is 15.1 Å². The fourth-order valence-corrected chi connectivity index (χ4v) is 1.28. The number of nitrogens with one attached hydrogen (secondary N) is 1. The number of aromatic nitrogens is 2. The summed E-state index contributed by atoms with van der Waals surface area (Å²) in [5.41, 5.74) is 1.13. The second kappa shape index (κ2) is 6.99. The van der Waals surface area contributed by atoms with Gasteiger partial charge in [0.25, 0.3) is 0 Å². The molecule has 1 heterocycles. The summed E-state index contributed by atoms with van der Waals surface area (Å²) in [6, 6.07) is 2.18. The first kappa shape index (κ1) is 12.7. The highest BCUT2D eigenvalue weighted by Gasteiger charge is 2.00. The predicted molar refractivity (Wildman–Crippen MR) is 60.6 cm³/mol. The van der Waals surface area contributed by atoms with Crippen molar-refractivity contribution in [1.29, 1.82) is 5.26 Å². The molecular weight excluding hydrogens is 204 g/mol. The minimum atomic E-state index is 0.0449. The highest BCUT2D eigenvalue weighted by atomic mass is 16.5. The molecule has 1 aromatic rings. The van der Waals surface area contributed by atoms with Gasteiger partial charge < -0.3 is 10.1 Å². The van der Waals surface area contributed by atoms with Crippen LogP contribution in [0.5, 0.6) is 0 Å². The van der Waals surface area contributed by atoms with E-state index in [0.29, 0.717) is 13.2 Å². The maximum absolute atomic E-state index is 8.61. The number of hydrogen-bond donors (Lipinski definition) is 1. The maximum atomic E-state index is 8.61. The van der Waals surface area contributed by atoms with Gasteiger partial charge >= 0.3 is 0 Å². The molecule has 88 valence electrons. The molecule has 0 spiro atoms.